The molecule has 3 rings (SSSR count). The van der Waals surface area contributed by atoms with E-state index in [-0.39, 0.29) is 48.4 Å². The van der Waals surface area contributed by atoms with Crippen molar-refractivity contribution in [3.8, 4) is 0 Å². The Balaban J connectivity index is 1.40. The van der Waals surface area contributed by atoms with Crippen molar-refractivity contribution >= 4 is 35.7 Å². The van der Waals surface area contributed by atoms with Crippen LogP contribution in [0.25, 0.3) is 0 Å². The smallest absolute Gasteiger partial charge is 0.351 e. The molecule has 1 saturated heterocycles. The van der Waals surface area contributed by atoms with Crippen LogP contribution in [-0.2, 0) is 38.1 Å². The first kappa shape index (κ1) is 46.7. The number of ketones is 1. The maximum atomic E-state index is 13.1. The summed E-state index contributed by atoms with van der Waals surface area (Å²) in [4.78, 5) is 71.7. The highest BCUT2D eigenvalue weighted by molar-refractivity contribution is 5.81. The highest BCUT2D eigenvalue weighted by Crippen LogP contribution is 2.38. The molecule has 2 heterocycles. The second kappa shape index (κ2) is 24.2. The number of unbranched alkanes of at least 4 members (excludes halogenated alkanes) is 4. The number of aromatic nitrogens is 2. The van der Waals surface area contributed by atoms with Crippen LogP contribution in [-0.4, -0.2) is 109 Å². The van der Waals surface area contributed by atoms with E-state index in [1.165, 1.54) is 24.0 Å². The number of hydrogen-bond acceptors (Lipinski definition) is 11. The molecule has 1 aliphatic carbocycles. The van der Waals surface area contributed by atoms with Gasteiger partial charge in [0.1, 0.15) is 11.9 Å². The maximum absolute atomic E-state index is 13.1. The molecule has 2 N–H and O–H groups in total. The summed E-state index contributed by atoms with van der Waals surface area (Å²) in [5.41, 5.74) is -0.605. The Labute approximate surface area is 333 Å². The molecule has 1 aromatic rings. The second-order valence-electron chi connectivity index (χ2n) is 15.6. The van der Waals surface area contributed by atoms with Gasteiger partial charge in [0.15, 0.2) is 18.1 Å². The lowest BCUT2D eigenvalue weighted by Gasteiger charge is -2.44. The van der Waals surface area contributed by atoms with Crippen molar-refractivity contribution in [2.45, 2.75) is 155 Å². The Bertz CT molecular complexity index is 1490. The molecule has 2 amide bonds. The molecule has 15 nitrogen and oxygen atoms in total. The summed E-state index contributed by atoms with van der Waals surface area (Å²) in [6, 6.07) is 1.59. The summed E-state index contributed by atoms with van der Waals surface area (Å²) < 4.78 is 26.0. The van der Waals surface area contributed by atoms with Crippen molar-refractivity contribution in [3.05, 3.63) is 22.7 Å². The van der Waals surface area contributed by atoms with Crippen LogP contribution >= 0.6 is 0 Å². The Kier molecular flexibility index (Phi) is 20.1. The zero-order chi connectivity index (χ0) is 41.2. The van der Waals surface area contributed by atoms with Gasteiger partial charge in [0.05, 0.1) is 31.0 Å². The summed E-state index contributed by atoms with van der Waals surface area (Å²) in [5, 5.41) is 6.14. The Hall–Kier alpha value is -3.69. The lowest BCUT2D eigenvalue weighted by Crippen LogP contribution is -2.54. The highest BCUT2D eigenvalue weighted by atomic mass is 16.6. The van der Waals surface area contributed by atoms with Gasteiger partial charge in [0.25, 0.3) is 0 Å². The first-order chi connectivity index (χ1) is 26.7. The van der Waals surface area contributed by atoms with E-state index in [1.54, 1.807) is 32.0 Å². The minimum absolute atomic E-state index is 0.00555. The van der Waals surface area contributed by atoms with E-state index in [1.807, 2.05) is 6.92 Å². The van der Waals surface area contributed by atoms with Crippen LogP contribution in [0.5, 0.6) is 0 Å². The zero-order valence-corrected chi connectivity index (χ0v) is 35.0. The van der Waals surface area contributed by atoms with Crippen LogP contribution in [0.3, 0.4) is 0 Å². The van der Waals surface area contributed by atoms with Gasteiger partial charge in [-0.15, -0.1) is 0 Å². The number of amides is 2. The Morgan fingerprint density at radius 3 is 2.32 bits per heavy atom. The van der Waals surface area contributed by atoms with E-state index in [0.29, 0.717) is 50.4 Å². The van der Waals surface area contributed by atoms with Crippen LogP contribution < -0.4 is 16.3 Å². The van der Waals surface area contributed by atoms with Gasteiger partial charge in [-0.25, -0.2) is 9.79 Å². The van der Waals surface area contributed by atoms with E-state index in [9.17, 15) is 24.0 Å². The first-order valence-electron chi connectivity index (χ1n) is 20.7. The normalized spacial score (nSPS) is 26.2. The van der Waals surface area contributed by atoms with Gasteiger partial charge in [0, 0.05) is 59.8 Å². The predicted molar refractivity (Wildman–Crippen MR) is 213 cm³/mol. The monoisotopic (exact) mass is 789 g/mol. The van der Waals surface area contributed by atoms with E-state index in [4.69, 9.17) is 18.9 Å². The molecular weight excluding hydrogens is 720 g/mol. The number of aliphatic imine (C=N–C) groups is 1. The molecule has 1 aromatic heterocycles. The fourth-order valence-electron chi connectivity index (χ4n) is 7.58. The molecule has 9 atom stereocenters. The van der Waals surface area contributed by atoms with Crippen molar-refractivity contribution in [1.29, 1.82) is 0 Å². The van der Waals surface area contributed by atoms with E-state index >= 15 is 0 Å². The molecule has 15 heteroatoms. The van der Waals surface area contributed by atoms with Crippen molar-refractivity contribution in [2.75, 3.05) is 33.9 Å². The quantitative estimate of drug-likeness (QED) is 0.0632. The van der Waals surface area contributed by atoms with Gasteiger partial charge in [0.2, 0.25) is 11.8 Å². The number of carbonyl (C=O) groups excluding carboxylic acids is 4. The second-order valence-corrected chi connectivity index (χ2v) is 15.6. The number of Topliss-reactive ketones (excluding diaryl/α,β-unsaturated/α-hetero) is 1. The maximum Gasteiger partial charge on any atom is 0.351 e. The molecule has 2 aliphatic rings. The minimum Gasteiger partial charge on any atom is -0.455 e. The summed E-state index contributed by atoms with van der Waals surface area (Å²) in [6.07, 6.45) is 7.98. The summed E-state index contributed by atoms with van der Waals surface area (Å²) in [6.45, 7) is 13.2. The SMILES string of the molecule is CC[C@H]1C[C@@H](OCCCCC(=O)NCCCCCCOC2[C@@H](CC)O[C@@H](n3ccc(N=CN(C)C)nc3=O)[C@H]2OC(=O)CCC(C)=O)[C@H](NC(C)=O)[C@@H](C)[C@H]1C. The molecule has 56 heavy (non-hydrogen) atoms. The lowest BCUT2D eigenvalue weighted by molar-refractivity contribution is -0.161. The molecule has 2 fully saturated rings. The molecule has 1 aliphatic heterocycles. The third-order valence-electron chi connectivity index (χ3n) is 10.9. The van der Waals surface area contributed by atoms with Crippen LogP contribution in [0.1, 0.15) is 125 Å². The van der Waals surface area contributed by atoms with Crippen LogP contribution in [0.15, 0.2) is 22.1 Å². The third kappa shape index (κ3) is 15.0. The minimum atomic E-state index is -0.963. The number of carbonyl (C=O) groups is 4. The summed E-state index contributed by atoms with van der Waals surface area (Å²) in [7, 11) is 3.61. The summed E-state index contributed by atoms with van der Waals surface area (Å²) in [5.74, 6) is 0.981. The standard InChI is InChI=1S/C41H68N6O9/c1-9-31-25-33(37(44-30(6)49)29(5)28(31)4)53-23-16-13-17-35(50)42-21-14-11-12-15-24-54-38-32(10-2)55-40(39(38)56-36(51)19-18-27(3)48)47-22-20-34(45-41(47)52)43-26-46(7)8/h20,22,26,28-29,31-33,37-40H,9-19,21,23-25H2,1-8H3,(H,42,50)(H,44,49)/t28-,29+,31+,32-,33-,37-,38?,39+,40-/m1/s1. The molecule has 316 valence electrons. The largest absolute Gasteiger partial charge is 0.455 e. The molecule has 0 spiro atoms. The molecular formula is C41H68N6O9. The number of ether oxygens (including phenoxy) is 4. The van der Waals surface area contributed by atoms with Crippen molar-refractivity contribution in [2.24, 2.45) is 22.7 Å². The number of nitrogens with zero attached hydrogens (tertiary/aromatic N) is 4. The van der Waals surface area contributed by atoms with Crippen molar-refractivity contribution in [3.63, 3.8) is 0 Å². The fourth-order valence-corrected chi connectivity index (χ4v) is 7.58. The van der Waals surface area contributed by atoms with Crippen LogP contribution in [0.4, 0.5) is 5.82 Å². The van der Waals surface area contributed by atoms with Gasteiger partial charge >= 0.3 is 11.7 Å². The van der Waals surface area contributed by atoms with E-state index < -0.39 is 36.2 Å². The molecule has 1 unspecified atom stereocenters. The van der Waals surface area contributed by atoms with Crippen LogP contribution in [0.2, 0.25) is 0 Å². The number of rotatable bonds is 24. The Morgan fingerprint density at radius 1 is 0.946 bits per heavy atom. The van der Waals surface area contributed by atoms with Crippen molar-refractivity contribution in [1.82, 2.24) is 25.1 Å². The van der Waals surface area contributed by atoms with Gasteiger partial charge in [-0.2, -0.15) is 4.98 Å². The lowest BCUT2D eigenvalue weighted by atomic mass is 9.69. The Morgan fingerprint density at radius 2 is 1.66 bits per heavy atom. The highest BCUT2D eigenvalue weighted by Gasteiger charge is 2.48. The molecule has 0 radical (unpaired) electrons. The molecule has 0 bridgehead atoms. The van der Waals surface area contributed by atoms with E-state index in [0.717, 1.165) is 51.4 Å². The summed E-state index contributed by atoms with van der Waals surface area (Å²) >= 11 is 0. The average Bonchev–Trinajstić information content (AvgIpc) is 3.49. The topological polar surface area (TPSA) is 180 Å². The fraction of sp³-hybridized carbons (Fsp3) is 0.780. The molecule has 0 aromatic carbocycles. The molecule has 1 saturated carbocycles. The average molecular weight is 789 g/mol. The van der Waals surface area contributed by atoms with Gasteiger partial charge in [-0.1, -0.05) is 47.0 Å². The third-order valence-corrected chi connectivity index (χ3v) is 10.9. The van der Waals surface area contributed by atoms with Crippen LogP contribution in [0, 0.1) is 17.8 Å². The number of nitrogens with one attached hydrogen (secondary N) is 2. The van der Waals surface area contributed by atoms with Gasteiger partial charge in [-0.05, 0) is 69.3 Å². The first-order valence-corrected chi connectivity index (χ1v) is 20.7. The van der Waals surface area contributed by atoms with Gasteiger partial charge in [-0.3, -0.25) is 19.0 Å². The predicted octanol–water partition coefficient (Wildman–Crippen LogP) is 4.88. The van der Waals surface area contributed by atoms with E-state index in [2.05, 4.69) is 41.4 Å². The zero-order valence-electron chi connectivity index (χ0n) is 35.0. The number of esters is 1. The van der Waals surface area contributed by atoms with Crippen molar-refractivity contribution < 1.29 is 38.1 Å². The number of hydrogen-bond donors (Lipinski definition) is 2. The van der Waals surface area contributed by atoms with Gasteiger partial charge < -0.3 is 39.3 Å².